The summed E-state index contributed by atoms with van der Waals surface area (Å²) in [6.45, 7) is 4.58. The number of benzene rings is 1. The van der Waals surface area contributed by atoms with E-state index in [-0.39, 0.29) is 36.4 Å². The second kappa shape index (κ2) is 8.95. The fourth-order valence-electron chi connectivity index (χ4n) is 3.72. The summed E-state index contributed by atoms with van der Waals surface area (Å²) in [5.74, 6) is -0.390. The van der Waals surface area contributed by atoms with Crippen LogP contribution >= 0.6 is 11.3 Å². The van der Waals surface area contributed by atoms with Gasteiger partial charge < -0.3 is 14.7 Å². The van der Waals surface area contributed by atoms with E-state index in [9.17, 15) is 14.0 Å². The highest BCUT2D eigenvalue weighted by atomic mass is 32.1. The highest BCUT2D eigenvalue weighted by Gasteiger charge is 2.34. The van der Waals surface area contributed by atoms with Crippen LogP contribution in [0.4, 0.5) is 9.18 Å². The molecule has 2 heterocycles. The lowest BCUT2D eigenvalue weighted by molar-refractivity contribution is -0.134. The lowest BCUT2D eigenvalue weighted by Gasteiger charge is -2.39. The molecule has 0 bridgehead atoms. The second-order valence-corrected chi connectivity index (χ2v) is 8.65. The van der Waals surface area contributed by atoms with Crippen LogP contribution in [0.5, 0.6) is 0 Å². The molecule has 3 amide bonds. The summed E-state index contributed by atoms with van der Waals surface area (Å²) in [6, 6.07) is 7.92. The molecule has 0 fully saturated rings. The minimum Gasteiger partial charge on any atom is -0.331 e. The Hall–Kier alpha value is -2.41. The van der Waals surface area contributed by atoms with Crippen molar-refractivity contribution in [3.05, 3.63) is 57.5 Å². The van der Waals surface area contributed by atoms with Gasteiger partial charge in [0.05, 0.1) is 6.04 Å². The van der Waals surface area contributed by atoms with E-state index in [0.717, 1.165) is 24.0 Å². The Balaban J connectivity index is 1.91. The molecule has 1 aliphatic rings. The molecule has 29 heavy (non-hydrogen) atoms. The van der Waals surface area contributed by atoms with Crippen LogP contribution in [-0.2, 0) is 11.2 Å². The molecule has 0 spiro atoms. The third-order valence-electron chi connectivity index (χ3n) is 5.53. The third-order valence-corrected chi connectivity index (χ3v) is 6.53. The van der Waals surface area contributed by atoms with Gasteiger partial charge in [-0.2, -0.15) is 0 Å². The van der Waals surface area contributed by atoms with Gasteiger partial charge in [-0.05, 0) is 54.5 Å². The van der Waals surface area contributed by atoms with Gasteiger partial charge in [-0.15, -0.1) is 11.3 Å². The molecule has 5 nitrogen and oxygen atoms in total. The van der Waals surface area contributed by atoms with Crippen molar-refractivity contribution >= 4 is 23.3 Å². The van der Waals surface area contributed by atoms with E-state index in [1.165, 1.54) is 21.9 Å². The first kappa shape index (κ1) is 21.3. The van der Waals surface area contributed by atoms with Crippen LogP contribution in [0.1, 0.15) is 42.3 Å². The third kappa shape index (κ3) is 4.45. The quantitative estimate of drug-likeness (QED) is 0.734. The van der Waals surface area contributed by atoms with E-state index in [1.807, 2.05) is 30.2 Å². The van der Waals surface area contributed by atoms with Gasteiger partial charge in [0.25, 0.3) is 0 Å². The maximum atomic E-state index is 13.5. The van der Waals surface area contributed by atoms with Gasteiger partial charge in [-0.25, -0.2) is 9.18 Å². The maximum absolute atomic E-state index is 13.5. The number of carbonyl (C=O) groups is 2. The van der Waals surface area contributed by atoms with Crippen molar-refractivity contribution in [2.75, 3.05) is 27.2 Å². The molecule has 2 aromatic rings. The number of amides is 3. The number of rotatable bonds is 5. The molecule has 2 atom stereocenters. The number of halogens is 1. The number of hydrogen-bond donors (Lipinski definition) is 0. The molecule has 1 aromatic heterocycles. The first-order valence-electron chi connectivity index (χ1n) is 9.92. The van der Waals surface area contributed by atoms with Gasteiger partial charge in [0.15, 0.2) is 0 Å². The second-order valence-electron chi connectivity index (χ2n) is 7.65. The van der Waals surface area contributed by atoms with E-state index in [4.69, 9.17) is 0 Å². The minimum absolute atomic E-state index is 0.0309. The van der Waals surface area contributed by atoms with Crippen LogP contribution < -0.4 is 0 Å². The molecule has 0 aliphatic carbocycles. The van der Waals surface area contributed by atoms with E-state index in [0.29, 0.717) is 6.54 Å². The first-order chi connectivity index (χ1) is 13.8. The fraction of sp³-hybridized carbons (Fsp3) is 0.455. The Labute approximate surface area is 175 Å². The van der Waals surface area contributed by atoms with E-state index < -0.39 is 0 Å². The van der Waals surface area contributed by atoms with Crippen molar-refractivity contribution in [2.24, 2.45) is 0 Å². The largest absolute Gasteiger partial charge is 0.331 e. The molecule has 1 aliphatic heterocycles. The van der Waals surface area contributed by atoms with Crippen LogP contribution in [0.3, 0.4) is 0 Å². The minimum atomic E-state index is -0.299. The van der Waals surface area contributed by atoms with Crippen molar-refractivity contribution in [3.63, 3.8) is 0 Å². The summed E-state index contributed by atoms with van der Waals surface area (Å²) in [4.78, 5) is 32.3. The monoisotopic (exact) mass is 417 g/mol. The summed E-state index contributed by atoms with van der Waals surface area (Å²) in [6.07, 6.45) is 1.56. The predicted molar refractivity (Wildman–Crippen MR) is 114 cm³/mol. The number of fused-ring (bicyclic) bond motifs is 1. The lowest BCUT2D eigenvalue weighted by Crippen LogP contribution is -2.51. The number of thiophene rings is 1. The highest BCUT2D eigenvalue weighted by molar-refractivity contribution is 7.10. The molecule has 0 radical (unpaired) electrons. The van der Waals surface area contributed by atoms with Gasteiger partial charge in [0.2, 0.25) is 5.91 Å². The molecule has 0 unspecified atom stereocenters. The van der Waals surface area contributed by atoms with Crippen LogP contribution in [0.15, 0.2) is 35.7 Å². The Morgan fingerprint density at radius 1 is 1.24 bits per heavy atom. The summed E-state index contributed by atoms with van der Waals surface area (Å²) >= 11 is 1.69. The average Bonchev–Trinajstić information content (AvgIpc) is 3.19. The van der Waals surface area contributed by atoms with Crippen LogP contribution in [-0.4, -0.2) is 59.9 Å². The number of hydrogen-bond acceptors (Lipinski definition) is 3. The standard InChI is InChI=1S/C22H28FN3O2S/c1-5-15(2)26(22(28)24(3)4)14-20(27)25-12-10-19-18(11-13-29-19)21(25)16-6-8-17(23)9-7-16/h6-9,11,13,15,21H,5,10,12,14H2,1-4H3/t15-,21+/m0/s1. The number of carbonyl (C=O) groups excluding carboxylic acids is 2. The summed E-state index contributed by atoms with van der Waals surface area (Å²) in [7, 11) is 3.39. The zero-order chi connectivity index (χ0) is 21.1. The van der Waals surface area contributed by atoms with Gasteiger partial charge >= 0.3 is 6.03 Å². The molecule has 156 valence electrons. The maximum Gasteiger partial charge on any atom is 0.320 e. The smallest absolute Gasteiger partial charge is 0.320 e. The van der Waals surface area contributed by atoms with Crippen molar-refractivity contribution in [2.45, 2.75) is 38.8 Å². The first-order valence-corrected chi connectivity index (χ1v) is 10.8. The molecular weight excluding hydrogens is 389 g/mol. The van der Waals surface area contributed by atoms with E-state index in [2.05, 4.69) is 0 Å². The summed E-state index contributed by atoms with van der Waals surface area (Å²) < 4.78 is 13.5. The van der Waals surface area contributed by atoms with Crippen molar-refractivity contribution < 1.29 is 14.0 Å². The van der Waals surface area contributed by atoms with Crippen molar-refractivity contribution in [1.82, 2.24) is 14.7 Å². The fourth-order valence-corrected chi connectivity index (χ4v) is 4.62. The van der Waals surface area contributed by atoms with Crippen molar-refractivity contribution in [3.8, 4) is 0 Å². The average molecular weight is 418 g/mol. The van der Waals surface area contributed by atoms with Crippen LogP contribution in [0, 0.1) is 5.82 Å². The molecular formula is C22H28FN3O2S. The zero-order valence-corrected chi connectivity index (χ0v) is 18.2. The lowest BCUT2D eigenvalue weighted by atomic mass is 9.93. The van der Waals surface area contributed by atoms with Gasteiger partial charge in [-0.1, -0.05) is 19.1 Å². The molecule has 3 rings (SSSR count). The molecule has 1 aromatic carbocycles. The van der Waals surface area contributed by atoms with Gasteiger partial charge in [-0.3, -0.25) is 4.79 Å². The van der Waals surface area contributed by atoms with E-state index >= 15 is 0 Å². The topological polar surface area (TPSA) is 43.9 Å². The predicted octanol–water partition coefficient (Wildman–Crippen LogP) is 4.14. The Morgan fingerprint density at radius 3 is 2.55 bits per heavy atom. The molecule has 0 saturated carbocycles. The van der Waals surface area contributed by atoms with Crippen LogP contribution in [0.2, 0.25) is 0 Å². The molecule has 7 heteroatoms. The Bertz CT molecular complexity index is 865. The van der Waals surface area contributed by atoms with E-state index in [1.54, 1.807) is 42.5 Å². The molecule has 0 saturated heterocycles. The molecule has 0 N–H and O–H groups in total. The SMILES string of the molecule is CC[C@H](C)N(CC(=O)N1CCc2sccc2[C@H]1c1ccc(F)cc1)C(=O)N(C)C. The van der Waals surface area contributed by atoms with Crippen LogP contribution in [0.25, 0.3) is 0 Å². The van der Waals surface area contributed by atoms with Crippen molar-refractivity contribution in [1.29, 1.82) is 0 Å². The zero-order valence-electron chi connectivity index (χ0n) is 17.4. The number of urea groups is 1. The Morgan fingerprint density at radius 2 is 1.93 bits per heavy atom. The normalized spacial score (nSPS) is 16.9. The highest BCUT2D eigenvalue weighted by Crippen LogP contribution is 2.38. The Kier molecular flexibility index (Phi) is 6.57. The number of nitrogens with zero attached hydrogens (tertiary/aromatic N) is 3. The summed E-state index contributed by atoms with van der Waals surface area (Å²) in [5, 5.41) is 2.04. The van der Waals surface area contributed by atoms with Gasteiger partial charge in [0, 0.05) is 31.6 Å². The van der Waals surface area contributed by atoms with Gasteiger partial charge in [0.1, 0.15) is 12.4 Å². The summed E-state index contributed by atoms with van der Waals surface area (Å²) in [5.41, 5.74) is 1.98.